The molecule has 1 fully saturated rings. The van der Waals surface area contributed by atoms with Crippen LogP contribution in [0.4, 0.5) is 8.78 Å². The number of benzene rings is 1. The third kappa shape index (κ3) is 6.78. The van der Waals surface area contributed by atoms with E-state index in [0.29, 0.717) is 18.1 Å². The van der Waals surface area contributed by atoms with Crippen LogP contribution >= 0.6 is 0 Å². The number of guanidine groups is 1. The molecule has 1 aromatic carbocycles. The Morgan fingerprint density at radius 3 is 2.74 bits per heavy atom. The molecule has 0 aliphatic carbocycles. The smallest absolute Gasteiger partial charge is 0.243 e. The maximum absolute atomic E-state index is 13.5. The fourth-order valence-corrected chi connectivity index (χ4v) is 2.69. The van der Waals surface area contributed by atoms with Crippen LogP contribution in [-0.2, 0) is 9.53 Å². The number of likely N-dealkylation sites (N-methyl/N-ethyl adjacent to an activating group) is 1. The van der Waals surface area contributed by atoms with Crippen molar-refractivity contribution in [2.75, 3.05) is 33.8 Å². The molecular weight excluding hydrogens is 354 g/mol. The molecule has 0 spiro atoms. The van der Waals surface area contributed by atoms with Gasteiger partial charge in [0, 0.05) is 27.2 Å². The van der Waals surface area contributed by atoms with Crippen LogP contribution in [0.25, 0.3) is 0 Å². The van der Waals surface area contributed by atoms with E-state index in [1.807, 2.05) is 6.92 Å². The van der Waals surface area contributed by atoms with E-state index >= 15 is 0 Å². The number of ether oxygens (including phenoxy) is 1. The van der Waals surface area contributed by atoms with E-state index in [2.05, 4.69) is 15.6 Å². The van der Waals surface area contributed by atoms with Crippen LogP contribution in [0.15, 0.2) is 23.2 Å². The van der Waals surface area contributed by atoms with E-state index in [1.165, 1.54) is 11.0 Å². The van der Waals surface area contributed by atoms with E-state index in [9.17, 15) is 13.6 Å². The van der Waals surface area contributed by atoms with Crippen molar-refractivity contribution in [3.8, 4) is 0 Å². The zero-order valence-corrected chi connectivity index (χ0v) is 16.1. The molecule has 8 heteroatoms. The summed E-state index contributed by atoms with van der Waals surface area (Å²) in [6.45, 7) is 3.11. The van der Waals surface area contributed by atoms with Crippen molar-refractivity contribution in [2.24, 2.45) is 4.99 Å². The second kappa shape index (κ2) is 10.2. The van der Waals surface area contributed by atoms with Crippen LogP contribution in [0.2, 0.25) is 0 Å². The van der Waals surface area contributed by atoms with Crippen molar-refractivity contribution in [3.05, 3.63) is 35.4 Å². The summed E-state index contributed by atoms with van der Waals surface area (Å²) in [6, 6.07) is 3.44. The van der Waals surface area contributed by atoms with E-state index in [0.717, 1.165) is 38.0 Å². The van der Waals surface area contributed by atoms with Crippen LogP contribution in [0.1, 0.15) is 37.8 Å². The van der Waals surface area contributed by atoms with Crippen molar-refractivity contribution in [2.45, 2.75) is 38.3 Å². The molecule has 27 heavy (non-hydrogen) atoms. The first-order chi connectivity index (χ1) is 12.9. The number of halogens is 2. The van der Waals surface area contributed by atoms with Gasteiger partial charge in [0.25, 0.3) is 0 Å². The number of rotatable bonds is 6. The molecule has 1 aromatic rings. The minimum Gasteiger partial charge on any atom is -0.376 e. The fraction of sp³-hybridized carbons (Fsp3) is 0.579. The van der Waals surface area contributed by atoms with E-state index < -0.39 is 11.6 Å². The van der Waals surface area contributed by atoms with Gasteiger partial charge in [0.05, 0.1) is 12.1 Å². The molecule has 2 rings (SSSR count). The molecular formula is C19H28F2N4O2. The molecule has 0 aromatic heterocycles. The van der Waals surface area contributed by atoms with Crippen LogP contribution in [-0.4, -0.2) is 56.7 Å². The van der Waals surface area contributed by atoms with Crippen LogP contribution < -0.4 is 10.6 Å². The summed E-state index contributed by atoms with van der Waals surface area (Å²) in [5.41, 5.74) is 0.580. The van der Waals surface area contributed by atoms with E-state index in [4.69, 9.17) is 4.74 Å². The lowest BCUT2D eigenvalue weighted by Crippen LogP contribution is -2.44. The normalized spacial score (nSPS) is 18.7. The first-order valence-corrected chi connectivity index (χ1v) is 9.18. The van der Waals surface area contributed by atoms with Crippen LogP contribution in [0.3, 0.4) is 0 Å². The van der Waals surface area contributed by atoms with Gasteiger partial charge >= 0.3 is 0 Å². The number of carbonyl (C=O) groups is 1. The molecule has 1 amide bonds. The summed E-state index contributed by atoms with van der Waals surface area (Å²) < 4.78 is 32.3. The van der Waals surface area contributed by atoms with E-state index in [-0.39, 0.29) is 24.6 Å². The molecule has 150 valence electrons. The van der Waals surface area contributed by atoms with Gasteiger partial charge in [0.15, 0.2) is 17.6 Å². The summed E-state index contributed by atoms with van der Waals surface area (Å²) in [6.07, 6.45) is 3.25. The predicted octanol–water partition coefficient (Wildman–Crippen LogP) is 2.22. The Kier molecular flexibility index (Phi) is 7.97. The Morgan fingerprint density at radius 1 is 1.33 bits per heavy atom. The van der Waals surface area contributed by atoms with Crippen molar-refractivity contribution >= 4 is 11.9 Å². The summed E-state index contributed by atoms with van der Waals surface area (Å²) in [5, 5.41) is 6.32. The Balaban J connectivity index is 2.03. The lowest BCUT2D eigenvalue weighted by Gasteiger charge is -2.25. The molecule has 0 bridgehead atoms. The van der Waals surface area contributed by atoms with Crippen LogP contribution in [0, 0.1) is 11.6 Å². The van der Waals surface area contributed by atoms with Gasteiger partial charge in [-0.15, -0.1) is 0 Å². The molecule has 6 nitrogen and oxygen atoms in total. The minimum absolute atomic E-state index is 0.0155. The number of nitrogens with zero attached hydrogens (tertiary/aromatic N) is 2. The molecule has 0 saturated carbocycles. The maximum atomic E-state index is 13.5. The highest BCUT2D eigenvalue weighted by Gasteiger charge is 2.16. The zero-order valence-electron chi connectivity index (χ0n) is 16.1. The molecule has 1 aliphatic rings. The second-order valence-electron chi connectivity index (χ2n) is 6.86. The predicted molar refractivity (Wildman–Crippen MR) is 100 cm³/mol. The molecule has 1 heterocycles. The van der Waals surface area contributed by atoms with Gasteiger partial charge in [0.1, 0.15) is 6.54 Å². The highest BCUT2D eigenvalue weighted by Crippen LogP contribution is 2.16. The molecule has 1 aliphatic heterocycles. The second-order valence-corrected chi connectivity index (χ2v) is 6.86. The largest absolute Gasteiger partial charge is 0.376 e. The van der Waals surface area contributed by atoms with Gasteiger partial charge in [0.2, 0.25) is 5.91 Å². The van der Waals surface area contributed by atoms with Crippen molar-refractivity contribution < 1.29 is 18.3 Å². The van der Waals surface area contributed by atoms with Gasteiger partial charge in [-0.1, -0.05) is 6.07 Å². The summed E-state index contributed by atoms with van der Waals surface area (Å²) >= 11 is 0. The minimum atomic E-state index is -0.897. The average molecular weight is 382 g/mol. The Bertz CT molecular complexity index is 661. The van der Waals surface area contributed by atoms with Gasteiger partial charge in [-0.2, -0.15) is 0 Å². The number of hydrogen-bond donors (Lipinski definition) is 2. The third-order valence-corrected chi connectivity index (χ3v) is 4.44. The Hall–Kier alpha value is -2.22. The first kappa shape index (κ1) is 21.1. The molecule has 1 saturated heterocycles. The first-order valence-electron chi connectivity index (χ1n) is 9.18. The van der Waals surface area contributed by atoms with Gasteiger partial charge in [-0.05, 0) is 43.9 Å². The standard InChI is InChI=1S/C19H28F2N4O2/c1-13(14-7-8-16(20)17(21)10-14)24-19(23-12-18(26)25(2)3)22-11-15-6-4-5-9-27-15/h7-8,10,13,15H,4-6,9,11-12H2,1-3H3,(H2,22,23,24). The number of aliphatic imine (C=N–C) groups is 1. The molecule has 0 radical (unpaired) electrons. The number of hydrogen-bond acceptors (Lipinski definition) is 3. The van der Waals surface area contributed by atoms with Gasteiger partial charge in [-0.25, -0.2) is 13.8 Å². The lowest BCUT2D eigenvalue weighted by atomic mass is 10.1. The quantitative estimate of drug-likeness (QED) is 0.585. The van der Waals surface area contributed by atoms with Gasteiger partial charge < -0.3 is 20.3 Å². The maximum Gasteiger partial charge on any atom is 0.243 e. The monoisotopic (exact) mass is 382 g/mol. The Labute approximate surface area is 159 Å². The summed E-state index contributed by atoms with van der Waals surface area (Å²) in [7, 11) is 3.33. The SMILES string of the molecule is CC(NC(=NCC(=O)N(C)C)NCC1CCCCO1)c1ccc(F)c(F)c1. The number of nitrogens with one attached hydrogen (secondary N) is 2. The average Bonchev–Trinajstić information content (AvgIpc) is 2.66. The van der Waals surface area contributed by atoms with Gasteiger partial charge in [-0.3, -0.25) is 4.79 Å². The number of amides is 1. The molecule has 2 atom stereocenters. The summed E-state index contributed by atoms with van der Waals surface area (Å²) in [5.74, 6) is -1.49. The fourth-order valence-electron chi connectivity index (χ4n) is 2.69. The van der Waals surface area contributed by atoms with Crippen molar-refractivity contribution in [1.82, 2.24) is 15.5 Å². The topological polar surface area (TPSA) is 66.0 Å². The Morgan fingerprint density at radius 2 is 2.11 bits per heavy atom. The summed E-state index contributed by atoms with van der Waals surface area (Å²) in [4.78, 5) is 17.6. The van der Waals surface area contributed by atoms with Crippen LogP contribution in [0.5, 0.6) is 0 Å². The molecule has 2 N–H and O–H groups in total. The highest BCUT2D eigenvalue weighted by atomic mass is 19.2. The number of carbonyl (C=O) groups excluding carboxylic acids is 1. The lowest BCUT2D eigenvalue weighted by molar-refractivity contribution is -0.127. The third-order valence-electron chi connectivity index (χ3n) is 4.44. The zero-order chi connectivity index (χ0) is 19.8. The molecule has 2 unspecified atom stereocenters. The van der Waals surface area contributed by atoms with Crippen molar-refractivity contribution in [1.29, 1.82) is 0 Å². The highest BCUT2D eigenvalue weighted by molar-refractivity contribution is 5.85. The van der Waals surface area contributed by atoms with Crippen molar-refractivity contribution in [3.63, 3.8) is 0 Å². The van der Waals surface area contributed by atoms with E-state index in [1.54, 1.807) is 14.1 Å².